The van der Waals surface area contributed by atoms with E-state index in [9.17, 15) is 9.59 Å². The minimum absolute atomic E-state index is 0.0652. The average Bonchev–Trinajstić information content (AvgIpc) is 2.97. The number of rotatable bonds is 6. The van der Waals surface area contributed by atoms with E-state index in [0.29, 0.717) is 19.0 Å². The molecule has 1 atom stereocenters. The van der Waals surface area contributed by atoms with E-state index < -0.39 is 0 Å². The maximum atomic E-state index is 12.8. The number of likely N-dealkylation sites (tertiary alicyclic amines) is 1. The minimum Gasteiger partial charge on any atom is -0.465 e. The van der Waals surface area contributed by atoms with Crippen LogP contribution in [0.15, 0.2) is 11.5 Å². The zero-order valence-corrected chi connectivity index (χ0v) is 23.4. The van der Waals surface area contributed by atoms with Crippen molar-refractivity contribution in [3.8, 4) is 0 Å². The first-order valence-electron chi connectivity index (χ1n) is 13.0. The Hall–Kier alpha value is -1.42. The van der Waals surface area contributed by atoms with E-state index >= 15 is 0 Å². The maximum absolute atomic E-state index is 12.8. The molecule has 3 aliphatic rings. The highest BCUT2D eigenvalue weighted by Crippen LogP contribution is 2.39. The topological polar surface area (TPSA) is 77.5 Å². The molecule has 35 heavy (non-hydrogen) atoms. The van der Waals surface area contributed by atoms with Gasteiger partial charge in [0.1, 0.15) is 11.6 Å². The van der Waals surface area contributed by atoms with Crippen molar-refractivity contribution in [2.75, 3.05) is 39.8 Å². The molecule has 3 heterocycles. The Morgan fingerprint density at radius 2 is 1.74 bits per heavy atom. The Morgan fingerprint density at radius 3 is 2.14 bits per heavy atom. The van der Waals surface area contributed by atoms with Gasteiger partial charge in [-0.15, -0.1) is 0 Å². The zero-order chi connectivity index (χ0) is 26.4. The van der Waals surface area contributed by atoms with Gasteiger partial charge in [-0.2, -0.15) is 0 Å². The Bertz CT molecular complexity index is 725. The fourth-order valence-electron chi connectivity index (χ4n) is 4.52. The van der Waals surface area contributed by atoms with Crippen LogP contribution in [0.1, 0.15) is 74.7 Å². The molecule has 3 rings (SSSR count). The van der Waals surface area contributed by atoms with Gasteiger partial charge in [-0.3, -0.25) is 14.5 Å². The molecule has 0 saturated carbocycles. The van der Waals surface area contributed by atoms with E-state index in [2.05, 4.69) is 55.4 Å². The molecule has 0 aromatic carbocycles. The minimum atomic E-state index is -0.322. The summed E-state index contributed by atoms with van der Waals surface area (Å²) in [7, 11) is 1.87. The van der Waals surface area contributed by atoms with Gasteiger partial charge in [-0.1, -0.05) is 6.08 Å². The third-order valence-corrected chi connectivity index (χ3v) is 7.36. The first kappa shape index (κ1) is 29.8. The summed E-state index contributed by atoms with van der Waals surface area (Å²) >= 11 is 0. The number of esters is 1. The number of ether oxygens (including phenoxy) is 2. The van der Waals surface area contributed by atoms with Gasteiger partial charge < -0.3 is 23.7 Å². The van der Waals surface area contributed by atoms with E-state index in [-0.39, 0.29) is 35.9 Å². The highest BCUT2D eigenvalue weighted by Gasteiger charge is 2.52. The summed E-state index contributed by atoms with van der Waals surface area (Å²) in [5.41, 5.74) is 0.233. The van der Waals surface area contributed by atoms with Crippen molar-refractivity contribution in [3.63, 3.8) is 0 Å². The predicted octanol–water partition coefficient (Wildman–Crippen LogP) is 3.48. The lowest BCUT2D eigenvalue weighted by atomic mass is 9.74. The normalized spacial score (nSPS) is 24.1. The molecule has 0 radical (unpaired) electrons. The summed E-state index contributed by atoms with van der Waals surface area (Å²) in [6.45, 7) is 20.2. The summed E-state index contributed by atoms with van der Waals surface area (Å²) in [5.74, 6) is 0.298. The summed E-state index contributed by atoms with van der Waals surface area (Å²) in [6, 6.07) is -0.148. The van der Waals surface area contributed by atoms with Gasteiger partial charge in [0.15, 0.2) is 0 Å². The molecule has 0 spiro atoms. The van der Waals surface area contributed by atoms with Crippen LogP contribution in [0.5, 0.6) is 0 Å². The first-order valence-corrected chi connectivity index (χ1v) is 13.0. The summed E-state index contributed by atoms with van der Waals surface area (Å²) in [6.07, 6.45) is 5.15. The lowest BCUT2D eigenvalue weighted by Gasteiger charge is -2.40. The number of piperidine rings is 1. The molecule has 3 aliphatic heterocycles. The molecule has 0 aromatic rings. The van der Waals surface area contributed by atoms with Gasteiger partial charge in [0.25, 0.3) is 6.47 Å². The van der Waals surface area contributed by atoms with Crippen LogP contribution < -0.4 is 0 Å². The van der Waals surface area contributed by atoms with Gasteiger partial charge in [0.2, 0.25) is 0 Å². The smallest absolute Gasteiger partial charge is 0.465 e. The van der Waals surface area contributed by atoms with Gasteiger partial charge >= 0.3 is 13.1 Å². The van der Waals surface area contributed by atoms with Crippen molar-refractivity contribution in [2.45, 2.75) is 97.5 Å². The zero-order valence-electron chi connectivity index (χ0n) is 23.4. The number of carbonyl (C=O) groups excluding carboxylic acids is 2. The van der Waals surface area contributed by atoms with Crippen molar-refractivity contribution in [2.24, 2.45) is 5.92 Å². The van der Waals surface area contributed by atoms with Crippen LogP contribution in [0.3, 0.4) is 0 Å². The van der Waals surface area contributed by atoms with Gasteiger partial charge in [-0.05, 0) is 106 Å². The van der Waals surface area contributed by atoms with Gasteiger partial charge in [0.05, 0.1) is 17.8 Å². The SMILES string of the molecule is CC(C)(C)OC=O.CCOC(=O)C(C1CCN(C)CC1)N1CC=C(B2OC(C)(C)C(C)(C)O2)CC1. The van der Waals surface area contributed by atoms with Crippen LogP contribution in [0, 0.1) is 5.92 Å². The molecule has 8 nitrogen and oxygen atoms in total. The first-order chi connectivity index (χ1) is 16.2. The van der Waals surface area contributed by atoms with E-state index in [1.54, 1.807) is 0 Å². The quantitative estimate of drug-likeness (QED) is 0.316. The maximum Gasteiger partial charge on any atom is 0.490 e. The lowest BCUT2D eigenvalue weighted by molar-refractivity contribution is -0.152. The second-order valence-electron chi connectivity index (χ2n) is 11.8. The van der Waals surface area contributed by atoms with E-state index in [0.717, 1.165) is 45.4 Å². The van der Waals surface area contributed by atoms with Crippen LogP contribution in [0.25, 0.3) is 0 Å². The van der Waals surface area contributed by atoms with E-state index in [4.69, 9.17) is 14.0 Å². The van der Waals surface area contributed by atoms with Crippen LogP contribution in [-0.2, 0) is 28.4 Å². The summed E-state index contributed by atoms with van der Waals surface area (Å²) < 4.78 is 22.4. The van der Waals surface area contributed by atoms with Gasteiger partial charge in [-0.25, -0.2) is 0 Å². The Labute approximate surface area is 212 Å². The molecule has 2 fully saturated rings. The monoisotopic (exact) mass is 494 g/mol. The second kappa shape index (κ2) is 12.2. The van der Waals surface area contributed by atoms with E-state index in [1.807, 2.05) is 27.7 Å². The Kier molecular flexibility index (Phi) is 10.4. The van der Waals surface area contributed by atoms with Crippen molar-refractivity contribution in [1.29, 1.82) is 0 Å². The third kappa shape index (κ3) is 8.30. The predicted molar refractivity (Wildman–Crippen MR) is 138 cm³/mol. The van der Waals surface area contributed by atoms with E-state index in [1.165, 1.54) is 5.47 Å². The molecule has 1 unspecified atom stereocenters. The Morgan fingerprint density at radius 1 is 1.17 bits per heavy atom. The molecule has 0 amide bonds. The standard InChI is InChI=1S/C21H37BN2O4.C5H10O2/c1-7-26-19(25)18(16-8-12-23(6)13-9-16)24-14-10-17(11-15-24)22-27-20(2,3)21(4,5)28-22;1-5(2,3)7-4-6/h10,16,18H,7-9,11-15H2,1-6H3;4H,1-3H3. The largest absolute Gasteiger partial charge is 0.490 e. The van der Waals surface area contributed by atoms with Crippen LogP contribution in [-0.4, -0.2) is 92.0 Å². The number of nitrogens with zero attached hydrogens (tertiary/aromatic N) is 2. The lowest BCUT2D eigenvalue weighted by Crippen LogP contribution is -2.51. The molecule has 0 bridgehead atoms. The summed E-state index contributed by atoms with van der Waals surface area (Å²) in [5, 5.41) is 0. The van der Waals surface area contributed by atoms with Crippen molar-refractivity contribution >= 4 is 19.6 Å². The van der Waals surface area contributed by atoms with Crippen molar-refractivity contribution in [1.82, 2.24) is 9.80 Å². The fourth-order valence-corrected chi connectivity index (χ4v) is 4.52. The molecular formula is C26H47BN2O6. The number of carbonyl (C=O) groups is 2. The van der Waals surface area contributed by atoms with Crippen LogP contribution in [0.4, 0.5) is 0 Å². The molecule has 2 saturated heterocycles. The molecular weight excluding hydrogens is 447 g/mol. The van der Waals surface area contributed by atoms with Crippen molar-refractivity contribution < 1.29 is 28.4 Å². The molecule has 0 N–H and O–H groups in total. The third-order valence-electron chi connectivity index (χ3n) is 7.36. The molecule has 0 aromatic heterocycles. The molecule has 9 heteroatoms. The number of hydrogen-bond donors (Lipinski definition) is 0. The highest BCUT2D eigenvalue weighted by molar-refractivity contribution is 6.54. The van der Waals surface area contributed by atoms with Crippen LogP contribution in [0.2, 0.25) is 0 Å². The highest BCUT2D eigenvalue weighted by atomic mass is 16.7. The molecule has 200 valence electrons. The molecule has 0 aliphatic carbocycles. The van der Waals surface area contributed by atoms with Crippen LogP contribution >= 0.6 is 0 Å². The van der Waals surface area contributed by atoms with Crippen molar-refractivity contribution in [3.05, 3.63) is 11.5 Å². The second-order valence-corrected chi connectivity index (χ2v) is 11.8. The Balaban J connectivity index is 0.000000540. The fraction of sp³-hybridized carbons (Fsp3) is 0.846. The number of hydrogen-bond acceptors (Lipinski definition) is 8. The summed E-state index contributed by atoms with van der Waals surface area (Å²) in [4.78, 5) is 27.0. The average molecular weight is 494 g/mol. The van der Waals surface area contributed by atoms with Gasteiger partial charge in [0, 0.05) is 13.1 Å².